The van der Waals surface area contributed by atoms with Gasteiger partial charge in [-0.25, -0.2) is 24.6 Å². The number of aryl methyl sites for hydroxylation is 5. The van der Waals surface area contributed by atoms with Crippen LogP contribution in [-0.4, -0.2) is 259 Å². The predicted octanol–water partition coefficient (Wildman–Crippen LogP) is 18.2. The molecule has 32 nitrogen and oxygen atoms in total. The van der Waals surface area contributed by atoms with Gasteiger partial charge in [-0.1, -0.05) is 113 Å². The summed E-state index contributed by atoms with van der Waals surface area (Å²) >= 11 is 32.1. The SMILES string of the molecule is CCCN(Cc1ccc(OCCN2C(=O)CCC2=O)c(C)c1)[C@@H](CC(=O)O)c1ccc(Cl)cc1.CN(C)CCC(=O)N1CCN(c2ccc(C(=O)NCCc3ccc(Cl)cc3Cl)cc2NC(=O)c2cccc(Cl)c2)CC1.COc1cc(CN(CC2CCC(C(=O)O)CC2)[C@H]2CCc3cc(Cl)ccc32)ccc1OCCN1C(=O)CCC1=O.Cc1nc(C)n(CC(=O)N2CCN(c3sc(C)nc3-c3cnc(C(F)(F)F)nc3)C[C@@H]2C)n1. The first-order valence-corrected chi connectivity index (χ1v) is 52.5. The van der Waals surface area contributed by atoms with Gasteiger partial charge in [0.05, 0.1) is 48.9 Å². The molecule has 6 aliphatic rings. The molecular weight excluding hydrogens is 2040 g/mol. The quantitative estimate of drug-likeness (QED) is 0.0263. The average molecular weight is 2170 g/mol. The molecule has 1 saturated carbocycles. The normalized spacial score (nSPS) is 16.9. The highest BCUT2D eigenvalue weighted by molar-refractivity contribution is 7.16. The predicted molar refractivity (Wildman–Crippen MR) is 566 cm³/mol. The van der Waals surface area contributed by atoms with Crippen LogP contribution in [0.5, 0.6) is 17.2 Å². The van der Waals surface area contributed by atoms with Gasteiger partial charge in [0.2, 0.25) is 41.3 Å². The number of amides is 8. The highest BCUT2D eigenvalue weighted by Gasteiger charge is 2.39. The van der Waals surface area contributed by atoms with Crippen molar-refractivity contribution in [2.45, 2.75) is 175 Å². The van der Waals surface area contributed by atoms with Crippen LogP contribution in [0.3, 0.4) is 0 Å². The van der Waals surface area contributed by atoms with Gasteiger partial charge in [0.1, 0.15) is 47.9 Å². The van der Waals surface area contributed by atoms with Gasteiger partial charge in [-0.15, -0.1) is 11.3 Å². The van der Waals surface area contributed by atoms with E-state index in [9.17, 15) is 71.3 Å². The van der Waals surface area contributed by atoms with Crippen LogP contribution in [0.25, 0.3) is 11.3 Å². The van der Waals surface area contributed by atoms with Crippen LogP contribution in [0, 0.1) is 39.5 Å². The molecule has 7 heterocycles. The number of halogens is 8. The third-order valence-corrected chi connectivity index (χ3v) is 29.3. The molecule has 7 aromatic carbocycles. The van der Waals surface area contributed by atoms with Crippen LogP contribution >= 0.6 is 69.3 Å². The molecule has 0 radical (unpaired) electrons. The van der Waals surface area contributed by atoms with E-state index in [1.54, 1.807) is 79.4 Å². The number of benzene rings is 7. The summed E-state index contributed by atoms with van der Waals surface area (Å²) in [7, 11) is 5.50. The Bertz CT molecular complexity index is 6380. The number of carboxylic acids is 2. The third-order valence-electron chi connectivity index (χ3n) is 27.0. The molecule has 3 aromatic heterocycles. The Morgan fingerprint density at radius 1 is 0.631 bits per heavy atom. The molecule has 149 heavy (non-hydrogen) atoms. The number of ether oxygens (including phenoxy) is 3. The number of rotatable bonds is 37. The number of methoxy groups -OCH3 is 1. The second-order valence-electron chi connectivity index (χ2n) is 38.0. The van der Waals surface area contributed by atoms with Crippen LogP contribution in [0.4, 0.5) is 29.5 Å². The van der Waals surface area contributed by atoms with Crippen molar-refractivity contribution in [3.05, 3.63) is 250 Å². The lowest BCUT2D eigenvalue weighted by Gasteiger charge is -2.40. The Morgan fingerprint density at radius 3 is 1.86 bits per heavy atom. The molecule has 4 aliphatic heterocycles. The monoisotopic (exact) mass is 2160 g/mol. The minimum Gasteiger partial charge on any atom is -0.493 e. The second kappa shape index (κ2) is 53.4. The lowest BCUT2D eigenvalue weighted by molar-refractivity contribution is -0.145. The molecule has 8 amide bonds. The molecule has 0 bridgehead atoms. The zero-order chi connectivity index (χ0) is 107. The molecule has 2 aliphatic carbocycles. The van der Waals surface area contributed by atoms with E-state index in [0.29, 0.717) is 161 Å². The summed E-state index contributed by atoms with van der Waals surface area (Å²) < 4.78 is 57.4. The number of hydrogen-bond donors (Lipinski definition) is 4. The molecule has 4 N–H and O–H groups in total. The van der Waals surface area contributed by atoms with E-state index >= 15 is 0 Å². The zero-order valence-corrected chi connectivity index (χ0v) is 89.4. The lowest BCUT2D eigenvalue weighted by Crippen LogP contribution is -2.54. The number of fused-ring (bicyclic) bond motifs is 1. The van der Waals surface area contributed by atoms with Gasteiger partial charge in [0, 0.05) is 183 Å². The maximum Gasteiger partial charge on any atom is 0.451 e. The molecule has 5 fully saturated rings. The van der Waals surface area contributed by atoms with E-state index in [4.69, 9.17) is 72.2 Å². The Labute approximate surface area is 893 Å². The van der Waals surface area contributed by atoms with Gasteiger partial charge in [0.25, 0.3) is 11.8 Å². The van der Waals surface area contributed by atoms with Gasteiger partial charge < -0.3 is 59.6 Å². The summed E-state index contributed by atoms with van der Waals surface area (Å²) in [6, 6.07) is 42.5. The summed E-state index contributed by atoms with van der Waals surface area (Å²) in [5, 5.41) is 33.7. The van der Waals surface area contributed by atoms with Crippen molar-refractivity contribution < 1.29 is 85.5 Å². The summed E-state index contributed by atoms with van der Waals surface area (Å²) in [5.41, 5.74) is 10.5. The van der Waals surface area contributed by atoms with Crippen molar-refractivity contribution in [3.63, 3.8) is 0 Å². The van der Waals surface area contributed by atoms with Crippen LogP contribution < -0.4 is 34.6 Å². The molecule has 0 spiro atoms. The second-order valence-corrected chi connectivity index (χ2v) is 41.3. The van der Waals surface area contributed by atoms with Crippen molar-refractivity contribution in [2.24, 2.45) is 11.8 Å². The van der Waals surface area contributed by atoms with Gasteiger partial charge in [-0.05, 0) is 242 Å². The minimum absolute atomic E-state index is 0.00422. The number of nitrogens with one attached hydrogen (secondary N) is 2. The molecule has 41 heteroatoms. The van der Waals surface area contributed by atoms with Crippen LogP contribution in [-0.2, 0) is 77.0 Å². The van der Waals surface area contributed by atoms with Gasteiger partial charge in [-0.3, -0.25) is 67.5 Å². The number of hydrogen-bond acceptors (Lipinski definition) is 24. The largest absolute Gasteiger partial charge is 0.493 e. The molecule has 10 aromatic rings. The van der Waals surface area contributed by atoms with Crippen LogP contribution in [0.15, 0.2) is 152 Å². The first-order chi connectivity index (χ1) is 71.2. The van der Waals surface area contributed by atoms with Crippen molar-refractivity contribution in [1.82, 2.24) is 69.3 Å². The van der Waals surface area contributed by atoms with E-state index < -0.39 is 23.9 Å². The average Bonchev–Trinajstić information content (AvgIpc) is 1.70. The number of aromatic nitrogens is 6. The Morgan fingerprint density at radius 2 is 1.26 bits per heavy atom. The van der Waals surface area contributed by atoms with E-state index in [-0.39, 0.29) is 136 Å². The number of carbonyl (C=O) groups excluding carboxylic acids is 8. The Hall–Kier alpha value is -12.4. The molecular formula is C108H125Cl5F3N17O15S. The minimum atomic E-state index is -4.60. The topological polar surface area (TPSA) is 361 Å². The fraction of sp³-hybridized carbons (Fsp3) is 0.435. The number of aliphatic carboxylic acids is 2. The number of piperazine rings is 2. The highest BCUT2D eigenvalue weighted by atomic mass is 35.5. The number of likely N-dealkylation sites (tertiary alicyclic amines) is 2. The van der Waals surface area contributed by atoms with Crippen molar-refractivity contribution in [2.75, 3.05) is 135 Å². The van der Waals surface area contributed by atoms with E-state index in [1.807, 2.05) is 123 Å². The number of thiazole rings is 1. The molecule has 794 valence electrons. The van der Waals surface area contributed by atoms with Gasteiger partial charge >= 0.3 is 18.1 Å². The van der Waals surface area contributed by atoms with Crippen LogP contribution in [0.1, 0.15) is 185 Å². The fourth-order valence-electron chi connectivity index (χ4n) is 19.3. The molecule has 3 atom stereocenters. The molecule has 4 saturated heterocycles. The number of carboxylic acid groups (broad SMARTS) is 2. The standard InChI is InChI=1S/C31H34Cl3N5O3.C31H37ClN2O6.C26H31ClN2O5.C20H23F3N8OS/c1-37(2)13-11-29(40)39-16-14-38(15-17-39)28-9-7-23(19-27(28)36-31(42)22-4-3-5-24(32)18-22)30(41)35-12-10-21-6-8-25(33)20-26(21)34;1-39-28-16-21(4-11-27(28)40-15-14-34-29(35)12-13-30(34)36)19-33(18-20-2-5-22(6-3-20)31(37)38)26-10-7-23-17-24(32)8-9-25(23)26;1-3-12-28(22(16-26(32)33)20-5-7-21(27)8-6-20)17-19-4-9-23(18(2)15-19)34-14-13-29-24(30)10-11-25(29)31;1-11-9-29(5-6-30(11)16(32)10-31-13(3)26-12(2)28-31)18-17(27-14(4)33-18)15-7-24-19(25-8-15)20(21,22)23/h3-9,18-20H,10-17H2,1-2H3,(H,35,41)(H,36,42);4,8-9,11,16-17,20,22,26H,2-3,5-7,10,12-15,18-19H2,1H3,(H,37,38);4-9,15,22H,3,10-14,16-17H2,1-2H3,(H,32,33);7-8,11H,5-6,9-10H2,1-4H3/t;20?,22?,26-;22-;11-/m.000/s1. The first-order valence-electron chi connectivity index (χ1n) is 49.8. The summed E-state index contributed by atoms with van der Waals surface area (Å²) in [5.74, 6) is -0.401. The number of imide groups is 2. The van der Waals surface area contributed by atoms with Gasteiger partial charge in [-0.2, -0.15) is 18.3 Å². The maximum atomic E-state index is 13.2. The number of nitrogens with zero attached hydrogens (tertiary/aromatic N) is 15. The summed E-state index contributed by atoms with van der Waals surface area (Å²) in [4.78, 5) is 155. The van der Waals surface area contributed by atoms with Gasteiger partial charge in [0.15, 0.2) is 11.5 Å². The summed E-state index contributed by atoms with van der Waals surface area (Å²) in [6.07, 6.45) is 6.02. The van der Waals surface area contributed by atoms with Crippen LogP contribution in [0.2, 0.25) is 25.1 Å². The smallest absolute Gasteiger partial charge is 0.451 e. The fourth-order valence-corrected chi connectivity index (χ4v) is 21.3. The maximum absolute atomic E-state index is 13.2. The Balaban J connectivity index is 0.000000166. The zero-order valence-electron chi connectivity index (χ0n) is 84.8. The first kappa shape index (κ1) is 114. The van der Waals surface area contributed by atoms with Crippen molar-refractivity contribution in [3.8, 4) is 28.5 Å². The number of anilines is 3. The third kappa shape index (κ3) is 31.6. The summed E-state index contributed by atoms with van der Waals surface area (Å²) in [6.45, 7) is 20.5. The highest BCUT2D eigenvalue weighted by Crippen LogP contribution is 2.44. The van der Waals surface area contributed by atoms with Crippen molar-refractivity contribution in [1.29, 1.82) is 0 Å². The van der Waals surface area contributed by atoms with Crippen molar-refractivity contribution >= 4 is 145 Å². The van der Waals surface area contributed by atoms with E-state index in [1.165, 1.54) is 32.3 Å². The van der Waals surface area contributed by atoms with E-state index in [2.05, 4.69) is 74.3 Å². The molecule has 16 rings (SSSR count). The van der Waals surface area contributed by atoms with E-state index in [0.717, 1.165) is 126 Å². The number of alkyl halides is 3. The Kier molecular flexibility index (Phi) is 40.7. The number of carbonyl (C=O) groups is 10. The molecule has 0 unspecified atom stereocenters. The lowest BCUT2D eigenvalue weighted by atomic mass is 9.81.